The van der Waals surface area contributed by atoms with Crippen molar-refractivity contribution >= 4 is 5.97 Å². The monoisotopic (exact) mass is 159 g/mol. The standard InChI is InChI=1S/C7H14N2O2/c1-9(2,3)8-6-5-7(10)11-4/h5-6H,1-4H3/p+1. The topological polar surface area (TPSA) is 38.3 Å². The molecule has 0 saturated heterocycles. The predicted octanol–water partition coefficient (Wildman–Crippen LogP) is -0.116. The molecule has 0 aromatic heterocycles. The summed E-state index contributed by atoms with van der Waals surface area (Å²) in [6, 6.07) is 0. The van der Waals surface area contributed by atoms with Crippen molar-refractivity contribution in [2.45, 2.75) is 0 Å². The largest absolute Gasteiger partial charge is 0.466 e. The highest BCUT2D eigenvalue weighted by Gasteiger charge is 2.00. The molecule has 0 atom stereocenters. The number of ether oxygens (including phenoxy) is 1. The zero-order valence-electron chi connectivity index (χ0n) is 7.42. The summed E-state index contributed by atoms with van der Waals surface area (Å²) in [7, 11) is 7.18. The van der Waals surface area contributed by atoms with Crippen LogP contribution >= 0.6 is 0 Å². The number of nitrogens with one attached hydrogen (secondary N) is 1. The Kier molecular flexibility index (Phi) is 3.60. The molecule has 0 aliphatic heterocycles. The Labute approximate surface area is 67.0 Å². The van der Waals surface area contributed by atoms with E-state index in [1.165, 1.54) is 13.2 Å². The van der Waals surface area contributed by atoms with E-state index in [-0.39, 0.29) is 5.97 Å². The maximum atomic E-state index is 10.5. The van der Waals surface area contributed by atoms with Gasteiger partial charge in [-0.25, -0.2) is 14.8 Å². The predicted molar refractivity (Wildman–Crippen MR) is 42.3 cm³/mol. The van der Waals surface area contributed by atoms with Crippen LogP contribution in [0.25, 0.3) is 0 Å². The molecule has 0 spiro atoms. The first-order valence-corrected chi connectivity index (χ1v) is 3.29. The Morgan fingerprint density at radius 1 is 1.45 bits per heavy atom. The average Bonchev–Trinajstić information content (AvgIpc) is 1.85. The fourth-order valence-electron chi connectivity index (χ4n) is 0.397. The molecule has 1 N–H and O–H groups in total. The molecule has 11 heavy (non-hydrogen) atoms. The number of carbonyl (C=O) groups is 1. The molecule has 0 unspecified atom stereocenters. The molecule has 0 bridgehead atoms. The summed E-state index contributed by atoms with van der Waals surface area (Å²) in [5, 5.41) is 0. The molecular formula is C7H15N2O2+. The third-order valence-corrected chi connectivity index (χ3v) is 0.882. The summed E-state index contributed by atoms with van der Waals surface area (Å²) in [6.07, 6.45) is 2.90. The molecular weight excluding hydrogens is 144 g/mol. The quantitative estimate of drug-likeness (QED) is 0.270. The molecule has 0 heterocycles. The summed E-state index contributed by atoms with van der Waals surface area (Å²) in [4.78, 5) is 10.5. The van der Waals surface area contributed by atoms with Crippen LogP contribution in [0.1, 0.15) is 0 Å². The Bertz CT molecular complexity index is 158. The minimum atomic E-state index is -0.356. The molecule has 0 saturated carbocycles. The van der Waals surface area contributed by atoms with Crippen LogP contribution < -0.4 is 5.43 Å². The van der Waals surface area contributed by atoms with E-state index >= 15 is 0 Å². The van der Waals surface area contributed by atoms with E-state index in [1.54, 1.807) is 6.20 Å². The van der Waals surface area contributed by atoms with Crippen LogP contribution in [0.3, 0.4) is 0 Å². The highest BCUT2D eigenvalue weighted by Crippen LogP contribution is 1.82. The minimum absolute atomic E-state index is 0.356. The zero-order chi connectivity index (χ0) is 8.91. The molecule has 0 fully saturated rings. The van der Waals surface area contributed by atoms with Crippen molar-refractivity contribution in [3.63, 3.8) is 0 Å². The SMILES string of the molecule is COC(=O)/C=C/N[N+](C)(C)C. The maximum Gasteiger partial charge on any atom is 0.332 e. The Morgan fingerprint density at radius 2 is 2.00 bits per heavy atom. The number of rotatable bonds is 3. The molecule has 4 heteroatoms. The fraction of sp³-hybridized carbons (Fsp3) is 0.571. The van der Waals surface area contributed by atoms with E-state index < -0.39 is 0 Å². The van der Waals surface area contributed by atoms with Gasteiger partial charge < -0.3 is 4.74 Å². The van der Waals surface area contributed by atoms with Crippen LogP contribution in [0.4, 0.5) is 0 Å². The highest BCUT2D eigenvalue weighted by atomic mass is 16.5. The van der Waals surface area contributed by atoms with Crippen LogP contribution in [0.15, 0.2) is 12.3 Å². The molecule has 0 amide bonds. The van der Waals surface area contributed by atoms with Crippen molar-refractivity contribution in [3.8, 4) is 0 Å². The van der Waals surface area contributed by atoms with Gasteiger partial charge in [0.25, 0.3) is 0 Å². The first kappa shape index (κ1) is 9.97. The summed E-state index contributed by atoms with van der Waals surface area (Å²) in [5.41, 5.74) is 2.94. The van der Waals surface area contributed by atoms with E-state index in [4.69, 9.17) is 0 Å². The number of hydrogen-bond donors (Lipinski definition) is 1. The number of nitrogens with zero attached hydrogens (tertiary/aromatic N) is 1. The highest BCUT2D eigenvalue weighted by molar-refractivity contribution is 5.81. The van der Waals surface area contributed by atoms with Gasteiger partial charge >= 0.3 is 5.97 Å². The third kappa shape index (κ3) is 6.86. The second-order valence-electron chi connectivity index (χ2n) is 3.00. The van der Waals surface area contributed by atoms with E-state index in [0.29, 0.717) is 4.59 Å². The molecule has 4 nitrogen and oxygen atoms in total. The first-order valence-electron chi connectivity index (χ1n) is 3.29. The van der Waals surface area contributed by atoms with Crippen LogP contribution in [0.2, 0.25) is 0 Å². The molecule has 64 valence electrons. The number of methoxy groups -OCH3 is 1. The van der Waals surface area contributed by atoms with Crippen molar-refractivity contribution in [1.29, 1.82) is 0 Å². The van der Waals surface area contributed by atoms with Crippen LogP contribution in [0.5, 0.6) is 0 Å². The van der Waals surface area contributed by atoms with E-state index in [2.05, 4.69) is 10.2 Å². The molecule has 0 radical (unpaired) electrons. The van der Waals surface area contributed by atoms with Crippen molar-refractivity contribution in [2.24, 2.45) is 0 Å². The van der Waals surface area contributed by atoms with Gasteiger partial charge in [0.2, 0.25) is 0 Å². The molecule has 0 aliphatic rings. The Morgan fingerprint density at radius 3 is 2.36 bits per heavy atom. The molecule has 0 aliphatic carbocycles. The van der Waals surface area contributed by atoms with Crippen molar-refractivity contribution in [2.75, 3.05) is 28.3 Å². The van der Waals surface area contributed by atoms with Crippen LogP contribution in [0, 0.1) is 0 Å². The number of hydrogen-bond acceptors (Lipinski definition) is 3. The zero-order valence-corrected chi connectivity index (χ0v) is 7.42. The van der Waals surface area contributed by atoms with E-state index in [1.807, 2.05) is 21.1 Å². The number of carbonyl (C=O) groups excluding carboxylic acids is 1. The summed E-state index contributed by atoms with van der Waals surface area (Å²) in [5.74, 6) is -0.356. The maximum absolute atomic E-state index is 10.5. The summed E-state index contributed by atoms with van der Waals surface area (Å²) >= 11 is 0. The van der Waals surface area contributed by atoms with E-state index in [9.17, 15) is 4.79 Å². The lowest BCUT2D eigenvalue weighted by molar-refractivity contribution is -0.909. The second kappa shape index (κ2) is 3.98. The Hall–Kier alpha value is -1.03. The third-order valence-electron chi connectivity index (χ3n) is 0.882. The lowest BCUT2D eigenvalue weighted by atomic mass is 10.6. The van der Waals surface area contributed by atoms with Gasteiger partial charge in [-0.2, -0.15) is 0 Å². The van der Waals surface area contributed by atoms with Gasteiger partial charge in [0, 0.05) is 6.08 Å². The molecule has 0 aromatic carbocycles. The smallest absolute Gasteiger partial charge is 0.332 e. The average molecular weight is 159 g/mol. The molecule has 0 rings (SSSR count). The van der Waals surface area contributed by atoms with Crippen LogP contribution in [-0.2, 0) is 9.53 Å². The van der Waals surface area contributed by atoms with Gasteiger partial charge in [-0.05, 0) is 0 Å². The van der Waals surface area contributed by atoms with E-state index in [0.717, 1.165) is 0 Å². The van der Waals surface area contributed by atoms with Gasteiger partial charge in [0.05, 0.1) is 34.5 Å². The summed E-state index contributed by atoms with van der Waals surface area (Å²) in [6.45, 7) is 0. The minimum Gasteiger partial charge on any atom is -0.466 e. The molecule has 0 aromatic rings. The number of quaternary nitrogens is 1. The summed E-state index contributed by atoms with van der Waals surface area (Å²) < 4.78 is 4.96. The second-order valence-corrected chi connectivity index (χ2v) is 3.00. The van der Waals surface area contributed by atoms with Gasteiger partial charge in [-0.3, -0.25) is 0 Å². The fourth-order valence-corrected chi connectivity index (χ4v) is 0.397. The van der Waals surface area contributed by atoms with Crippen molar-refractivity contribution in [1.82, 2.24) is 5.43 Å². The number of esters is 1. The van der Waals surface area contributed by atoms with Crippen molar-refractivity contribution < 1.29 is 14.1 Å². The van der Waals surface area contributed by atoms with Crippen molar-refractivity contribution in [3.05, 3.63) is 12.3 Å². The normalized spacial score (nSPS) is 11.6. The lowest BCUT2D eigenvalue weighted by Gasteiger charge is -2.21. The van der Waals surface area contributed by atoms with Gasteiger partial charge in [-0.15, -0.1) is 0 Å². The Balaban J connectivity index is 3.70. The van der Waals surface area contributed by atoms with Gasteiger partial charge in [-0.1, -0.05) is 0 Å². The van der Waals surface area contributed by atoms with Gasteiger partial charge in [0.1, 0.15) is 0 Å². The first-order chi connectivity index (χ1) is 4.95. The van der Waals surface area contributed by atoms with Gasteiger partial charge in [0.15, 0.2) is 0 Å². The van der Waals surface area contributed by atoms with Crippen LogP contribution in [-0.4, -0.2) is 38.8 Å². The lowest BCUT2D eigenvalue weighted by Crippen LogP contribution is -2.44.